The maximum absolute atomic E-state index is 12.4. The van der Waals surface area contributed by atoms with Crippen molar-refractivity contribution in [2.45, 2.75) is 17.7 Å². The van der Waals surface area contributed by atoms with Gasteiger partial charge in [0.15, 0.2) is 9.84 Å². The lowest BCUT2D eigenvalue weighted by Gasteiger charge is -2.31. The highest BCUT2D eigenvalue weighted by molar-refractivity contribution is 7.90. The minimum Gasteiger partial charge on any atom is -0.497 e. The third-order valence-electron chi connectivity index (χ3n) is 4.40. The molecule has 26 heavy (non-hydrogen) atoms. The number of hydrogen-bond acceptors (Lipinski definition) is 5. The number of rotatable bonds is 5. The van der Waals surface area contributed by atoms with Crippen LogP contribution in [0.5, 0.6) is 5.75 Å². The lowest BCUT2D eigenvalue weighted by atomic mass is 10.0. The van der Waals surface area contributed by atoms with Crippen molar-refractivity contribution in [3.8, 4) is 5.75 Å². The lowest BCUT2D eigenvalue weighted by Crippen LogP contribution is -2.36. The zero-order chi connectivity index (χ0) is 18.7. The number of methoxy groups -OCH3 is 1. The lowest BCUT2D eigenvalue weighted by molar-refractivity contribution is -0.115. The summed E-state index contributed by atoms with van der Waals surface area (Å²) in [4.78, 5) is 14.7. The van der Waals surface area contributed by atoms with E-state index in [2.05, 4.69) is 10.2 Å². The Kier molecular flexibility index (Phi) is 5.18. The Labute approximate surface area is 153 Å². The summed E-state index contributed by atoms with van der Waals surface area (Å²) >= 11 is 0. The monoisotopic (exact) mass is 374 g/mol. The number of anilines is 2. The molecule has 0 spiro atoms. The highest BCUT2D eigenvalue weighted by Crippen LogP contribution is 2.30. The fraction of sp³-hybridized carbons (Fsp3) is 0.316. The Morgan fingerprint density at radius 1 is 1.19 bits per heavy atom. The Morgan fingerprint density at radius 3 is 2.58 bits per heavy atom. The Bertz CT molecular complexity index is 908. The molecule has 2 aromatic carbocycles. The molecule has 0 aromatic heterocycles. The van der Waals surface area contributed by atoms with Crippen LogP contribution in [-0.2, 0) is 21.1 Å². The van der Waals surface area contributed by atoms with E-state index in [1.807, 2.05) is 18.2 Å². The summed E-state index contributed by atoms with van der Waals surface area (Å²) < 4.78 is 28.2. The largest absolute Gasteiger partial charge is 0.497 e. The van der Waals surface area contributed by atoms with E-state index in [1.54, 1.807) is 19.2 Å². The predicted octanol–water partition coefficient (Wildman–Crippen LogP) is 2.49. The third-order valence-corrected chi connectivity index (χ3v) is 5.53. The molecule has 1 N–H and O–H groups in total. The molecule has 0 aliphatic carbocycles. The van der Waals surface area contributed by atoms with Crippen LogP contribution >= 0.6 is 0 Å². The number of nitrogens with one attached hydrogen (secondary N) is 1. The molecule has 0 radical (unpaired) electrons. The number of hydrogen-bond donors (Lipinski definition) is 1. The average Bonchev–Trinajstić information content (AvgIpc) is 2.61. The minimum absolute atomic E-state index is 0.138. The maximum atomic E-state index is 12.4. The number of ether oxygens (including phenoxy) is 1. The summed E-state index contributed by atoms with van der Waals surface area (Å²) in [6.45, 7) is 1.06. The molecule has 0 fully saturated rings. The Balaban J connectivity index is 1.68. The number of sulfone groups is 1. The molecular weight excluding hydrogens is 352 g/mol. The number of amides is 1. The first kappa shape index (κ1) is 18.3. The molecule has 1 aliphatic heterocycles. The van der Waals surface area contributed by atoms with Gasteiger partial charge in [-0.1, -0.05) is 0 Å². The predicted molar refractivity (Wildman–Crippen MR) is 102 cm³/mol. The van der Waals surface area contributed by atoms with Crippen LogP contribution in [-0.4, -0.2) is 40.8 Å². The molecule has 0 saturated heterocycles. The van der Waals surface area contributed by atoms with Gasteiger partial charge in [-0.05, 0) is 60.9 Å². The summed E-state index contributed by atoms with van der Waals surface area (Å²) in [5.41, 5.74) is 2.81. The van der Waals surface area contributed by atoms with Crippen LogP contribution in [0, 0.1) is 0 Å². The van der Waals surface area contributed by atoms with Gasteiger partial charge in [0.05, 0.1) is 18.6 Å². The SMILES string of the molecule is COc1ccc2c(c1)CCCN2CC(=O)Nc1ccc(S(C)(=O)=O)cc1. The van der Waals surface area contributed by atoms with E-state index in [0.717, 1.165) is 37.1 Å². The maximum Gasteiger partial charge on any atom is 0.243 e. The molecule has 3 rings (SSSR count). The van der Waals surface area contributed by atoms with Crippen molar-refractivity contribution < 1.29 is 17.9 Å². The van der Waals surface area contributed by atoms with Crippen LogP contribution < -0.4 is 15.0 Å². The van der Waals surface area contributed by atoms with Crippen molar-refractivity contribution in [1.82, 2.24) is 0 Å². The summed E-state index contributed by atoms with van der Waals surface area (Å²) in [5, 5.41) is 2.82. The van der Waals surface area contributed by atoms with Gasteiger partial charge in [0.1, 0.15) is 5.75 Å². The van der Waals surface area contributed by atoms with Crippen molar-refractivity contribution in [3.05, 3.63) is 48.0 Å². The quantitative estimate of drug-likeness (QED) is 0.870. The summed E-state index contributed by atoms with van der Waals surface area (Å²) in [7, 11) is -1.60. The van der Waals surface area contributed by atoms with Crippen LogP contribution in [0.15, 0.2) is 47.4 Å². The molecule has 2 aromatic rings. The summed E-state index contributed by atoms with van der Waals surface area (Å²) in [5.74, 6) is 0.682. The van der Waals surface area contributed by atoms with E-state index in [4.69, 9.17) is 4.74 Å². The van der Waals surface area contributed by atoms with Crippen molar-refractivity contribution in [3.63, 3.8) is 0 Å². The van der Waals surface area contributed by atoms with Crippen LogP contribution in [0.2, 0.25) is 0 Å². The third kappa shape index (κ3) is 4.16. The van der Waals surface area contributed by atoms with Crippen molar-refractivity contribution in [2.75, 3.05) is 36.7 Å². The van der Waals surface area contributed by atoms with Crippen LogP contribution in [0.4, 0.5) is 11.4 Å². The first-order valence-corrected chi connectivity index (χ1v) is 10.3. The van der Waals surface area contributed by atoms with E-state index in [1.165, 1.54) is 17.7 Å². The standard InChI is InChI=1S/C19H22N2O4S/c1-25-16-7-10-18-14(12-16)4-3-11-21(18)13-19(22)20-15-5-8-17(9-6-15)26(2,23)24/h5-10,12H,3-4,11,13H2,1-2H3,(H,20,22). The van der Waals surface area contributed by atoms with Gasteiger partial charge in [-0.15, -0.1) is 0 Å². The second-order valence-corrected chi connectivity index (χ2v) is 8.38. The smallest absolute Gasteiger partial charge is 0.243 e. The van der Waals surface area contributed by atoms with Gasteiger partial charge < -0.3 is 15.0 Å². The van der Waals surface area contributed by atoms with E-state index >= 15 is 0 Å². The van der Waals surface area contributed by atoms with Gasteiger partial charge in [-0.25, -0.2) is 8.42 Å². The van der Waals surface area contributed by atoms with Crippen molar-refractivity contribution in [1.29, 1.82) is 0 Å². The molecule has 0 saturated carbocycles. The van der Waals surface area contributed by atoms with Crippen molar-refractivity contribution in [2.24, 2.45) is 0 Å². The molecule has 1 amide bonds. The Morgan fingerprint density at radius 2 is 1.92 bits per heavy atom. The summed E-state index contributed by atoms with van der Waals surface area (Å²) in [6.07, 6.45) is 3.11. The molecule has 138 valence electrons. The number of aryl methyl sites for hydroxylation is 1. The number of benzene rings is 2. The van der Waals surface area contributed by atoms with E-state index < -0.39 is 9.84 Å². The van der Waals surface area contributed by atoms with Crippen LogP contribution in [0.3, 0.4) is 0 Å². The van der Waals surface area contributed by atoms with Gasteiger partial charge in [0, 0.05) is 24.2 Å². The first-order valence-electron chi connectivity index (χ1n) is 8.38. The normalized spacial score (nSPS) is 13.8. The number of carbonyl (C=O) groups is 1. The van der Waals surface area contributed by atoms with Gasteiger partial charge >= 0.3 is 0 Å². The number of nitrogens with zero attached hydrogens (tertiary/aromatic N) is 1. The summed E-state index contributed by atoms with van der Waals surface area (Å²) in [6, 6.07) is 12.1. The second kappa shape index (κ2) is 7.37. The van der Waals surface area contributed by atoms with E-state index in [9.17, 15) is 13.2 Å². The molecular formula is C19H22N2O4S. The minimum atomic E-state index is -3.24. The van der Waals surface area contributed by atoms with E-state index in [-0.39, 0.29) is 17.3 Å². The highest BCUT2D eigenvalue weighted by Gasteiger charge is 2.19. The molecule has 7 heteroatoms. The molecule has 1 aliphatic rings. The van der Waals surface area contributed by atoms with Crippen molar-refractivity contribution >= 4 is 27.1 Å². The van der Waals surface area contributed by atoms with Gasteiger partial charge in [0.2, 0.25) is 5.91 Å². The van der Waals surface area contributed by atoms with Gasteiger partial charge in [-0.2, -0.15) is 0 Å². The van der Waals surface area contributed by atoms with Crippen LogP contribution in [0.25, 0.3) is 0 Å². The molecule has 0 atom stereocenters. The van der Waals surface area contributed by atoms with E-state index in [0.29, 0.717) is 5.69 Å². The van der Waals surface area contributed by atoms with Crippen LogP contribution in [0.1, 0.15) is 12.0 Å². The first-order chi connectivity index (χ1) is 12.4. The highest BCUT2D eigenvalue weighted by atomic mass is 32.2. The fourth-order valence-electron chi connectivity index (χ4n) is 3.10. The zero-order valence-electron chi connectivity index (χ0n) is 14.9. The Hall–Kier alpha value is -2.54. The zero-order valence-corrected chi connectivity index (χ0v) is 15.7. The average molecular weight is 374 g/mol. The second-order valence-electron chi connectivity index (χ2n) is 6.36. The molecule has 0 unspecified atom stereocenters. The fourth-order valence-corrected chi connectivity index (χ4v) is 3.73. The van der Waals surface area contributed by atoms with Gasteiger partial charge in [0.25, 0.3) is 0 Å². The molecule has 1 heterocycles. The number of carbonyl (C=O) groups excluding carboxylic acids is 1. The molecule has 0 bridgehead atoms. The number of fused-ring (bicyclic) bond motifs is 1. The topological polar surface area (TPSA) is 75.7 Å². The van der Waals surface area contributed by atoms with Gasteiger partial charge in [-0.3, -0.25) is 4.79 Å². The molecule has 6 nitrogen and oxygen atoms in total.